The van der Waals surface area contributed by atoms with Crippen molar-refractivity contribution in [3.8, 4) is 0 Å². The molecule has 0 aliphatic heterocycles. The fourth-order valence-corrected chi connectivity index (χ4v) is 2.11. The number of anilines is 1. The van der Waals surface area contributed by atoms with Crippen molar-refractivity contribution in [3.63, 3.8) is 0 Å². The van der Waals surface area contributed by atoms with E-state index >= 15 is 0 Å². The van der Waals surface area contributed by atoms with Gasteiger partial charge in [-0.1, -0.05) is 26.0 Å². The molecule has 0 radical (unpaired) electrons. The van der Waals surface area contributed by atoms with Crippen LogP contribution in [0.1, 0.15) is 44.0 Å². The lowest BCUT2D eigenvalue weighted by atomic mass is 10.1. The Balaban J connectivity index is 3.07. The summed E-state index contributed by atoms with van der Waals surface area (Å²) in [5.74, 6) is 0.133. The Labute approximate surface area is 98.3 Å². The van der Waals surface area contributed by atoms with E-state index in [9.17, 15) is 4.79 Å². The van der Waals surface area contributed by atoms with Crippen LogP contribution in [0.15, 0.2) is 24.3 Å². The largest absolute Gasteiger partial charge is 0.371 e. The van der Waals surface area contributed by atoms with Crippen molar-refractivity contribution in [2.45, 2.75) is 39.7 Å². The van der Waals surface area contributed by atoms with Gasteiger partial charge < -0.3 is 4.90 Å². The monoisotopic (exact) mass is 219 g/mol. The molecular weight excluding hydrogens is 198 g/mol. The first-order chi connectivity index (χ1) is 7.61. The highest BCUT2D eigenvalue weighted by atomic mass is 16.1. The summed E-state index contributed by atoms with van der Waals surface area (Å²) < 4.78 is 0. The molecule has 1 rings (SSSR count). The molecule has 0 aliphatic carbocycles. The van der Waals surface area contributed by atoms with Gasteiger partial charge in [0.2, 0.25) is 0 Å². The first-order valence-electron chi connectivity index (χ1n) is 5.94. The molecule has 0 saturated heterocycles. The van der Waals surface area contributed by atoms with Crippen LogP contribution in [-0.2, 0) is 0 Å². The Bertz CT molecular complexity index is 356. The van der Waals surface area contributed by atoms with Crippen LogP contribution in [0.4, 0.5) is 5.69 Å². The zero-order valence-electron chi connectivity index (χ0n) is 10.7. The van der Waals surface area contributed by atoms with Crippen LogP contribution in [-0.4, -0.2) is 18.9 Å². The molecule has 0 fully saturated rings. The zero-order valence-corrected chi connectivity index (χ0v) is 10.7. The van der Waals surface area contributed by atoms with Crippen LogP contribution < -0.4 is 4.90 Å². The van der Waals surface area contributed by atoms with Gasteiger partial charge in [0.25, 0.3) is 0 Å². The number of para-hydroxylation sites is 1. The second-order valence-corrected chi connectivity index (χ2v) is 4.15. The first-order valence-corrected chi connectivity index (χ1v) is 5.94. The summed E-state index contributed by atoms with van der Waals surface area (Å²) in [5, 5.41) is 0. The molecule has 88 valence electrons. The van der Waals surface area contributed by atoms with Gasteiger partial charge in [0.15, 0.2) is 5.78 Å². The van der Waals surface area contributed by atoms with Crippen molar-refractivity contribution < 1.29 is 4.79 Å². The summed E-state index contributed by atoms with van der Waals surface area (Å²) >= 11 is 0. The predicted molar refractivity (Wildman–Crippen MR) is 69.2 cm³/mol. The highest BCUT2D eigenvalue weighted by Crippen LogP contribution is 2.23. The van der Waals surface area contributed by atoms with Crippen molar-refractivity contribution >= 4 is 11.5 Å². The standard InChI is InChI=1S/C14H21NO/c1-5-12(6-2)15(4)14-10-8-7-9-13(14)11(3)16/h7-10,12H,5-6H2,1-4H3. The van der Waals surface area contributed by atoms with E-state index in [1.165, 1.54) is 0 Å². The molecule has 0 amide bonds. The van der Waals surface area contributed by atoms with Gasteiger partial charge in [-0.15, -0.1) is 0 Å². The average molecular weight is 219 g/mol. The Morgan fingerprint density at radius 2 is 1.81 bits per heavy atom. The molecule has 0 saturated carbocycles. The van der Waals surface area contributed by atoms with Crippen molar-refractivity contribution in [1.82, 2.24) is 0 Å². The fourth-order valence-electron chi connectivity index (χ4n) is 2.11. The molecular formula is C14H21NO. The minimum Gasteiger partial charge on any atom is -0.371 e. The predicted octanol–water partition coefficient (Wildman–Crippen LogP) is 3.51. The number of nitrogens with zero attached hydrogens (tertiary/aromatic N) is 1. The molecule has 0 spiro atoms. The molecule has 0 aliphatic rings. The van der Waals surface area contributed by atoms with E-state index in [0.717, 1.165) is 24.1 Å². The fraction of sp³-hybridized carbons (Fsp3) is 0.500. The van der Waals surface area contributed by atoms with E-state index in [1.54, 1.807) is 6.92 Å². The molecule has 0 unspecified atom stereocenters. The zero-order chi connectivity index (χ0) is 12.1. The van der Waals surface area contributed by atoms with Gasteiger partial charge in [-0.3, -0.25) is 4.79 Å². The van der Waals surface area contributed by atoms with E-state index in [2.05, 4.69) is 25.8 Å². The number of carbonyl (C=O) groups is 1. The van der Waals surface area contributed by atoms with Crippen LogP contribution in [0.5, 0.6) is 0 Å². The summed E-state index contributed by atoms with van der Waals surface area (Å²) in [6.45, 7) is 5.99. The summed E-state index contributed by atoms with van der Waals surface area (Å²) in [6, 6.07) is 8.33. The molecule has 1 aromatic rings. The number of ketones is 1. The SMILES string of the molecule is CCC(CC)N(C)c1ccccc1C(C)=O. The number of benzene rings is 1. The number of hydrogen-bond acceptors (Lipinski definition) is 2. The molecule has 0 bridgehead atoms. The van der Waals surface area contributed by atoms with E-state index in [-0.39, 0.29) is 5.78 Å². The minimum absolute atomic E-state index is 0.133. The highest BCUT2D eigenvalue weighted by Gasteiger charge is 2.15. The maximum Gasteiger partial charge on any atom is 0.161 e. The topological polar surface area (TPSA) is 20.3 Å². The van der Waals surface area contributed by atoms with E-state index in [0.29, 0.717) is 6.04 Å². The van der Waals surface area contributed by atoms with Crippen LogP contribution >= 0.6 is 0 Å². The molecule has 0 atom stereocenters. The van der Waals surface area contributed by atoms with Crippen LogP contribution in [0.25, 0.3) is 0 Å². The summed E-state index contributed by atoms with van der Waals surface area (Å²) in [6.07, 6.45) is 2.19. The third-order valence-electron chi connectivity index (χ3n) is 3.15. The summed E-state index contributed by atoms with van der Waals surface area (Å²) in [7, 11) is 2.07. The summed E-state index contributed by atoms with van der Waals surface area (Å²) in [5.41, 5.74) is 1.86. The lowest BCUT2D eigenvalue weighted by Gasteiger charge is -2.29. The maximum absolute atomic E-state index is 11.5. The number of Topliss-reactive ketones (excluding diaryl/α,β-unsaturated/α-hetero) is 1. The normalized spacial score (nSPS) is 10.6. The second-order valence-electron chi connectivity index (χ2n) is 4.15. The van der Waals surface area contributed by atoms with Gasteiger partial charge in [0, 0.05) is 24.3 Å². The molecule has 16 heavy (non-hydrogen) atoms. The summed E-state index contributed by atoms with van der Waals surface area (Å²) in [4.78, 5) is 13.8. The Morgan fingerprint density at radius 3 is 2.31 bits per heavy atom. The quantitative estimate of drug-likeness (QED) is 0.706. The van der Waals surface area contributed by atoms with E-state index < -0.39 is 0 Å². The first kappa shape index (κ1) is 12.8. The van der Waals surface area contributed by atoms with E-state index in [1.807, 2.05) is 24.3 Å². The molecule has 2 nitrogen and oxygen atoms in total. The Kier molecular flexibility index (Phi) is 4.53. The van der Waals surface area contributed by atoms with Crippen molar-refractivity contribution in [2.75, 3.05) is 11.9 Å². The second kappa shape index (κ2) is 5.69. The molecule has 0 aromatic heterocycles. The minimum atomic E-state index is 0.133. The Hall–Kier alpha value is -1.31. The number of rotatable bonds is 5. The molecule has 0 heterocycles. The number of carbonyl (C=O) groups excluding carboxylic acids is 1. The molecule has 0 N–H and O–H groups in total. The third-order valence-corrected chi connectivity index (χ3v) is 3.15. The van der Waals surface area contributed by atoms with Crippen molar-refractivity contribution in [3.05, 3.63) is 29.8 Å². The lowest BCUT2D eigenvalue weighted by molar-refractivity contribution is 0.101. The van der Waals surface area contributed by atoms with Crippen molar-refractivity contribution in [2.24, 2.45) is 0 Å². The van der Waals surface area contributed by atoms with Gasteiger partial charge in [0.05, 0.1) is 0 Å². The average Bonchev–Trinajstić information content (AvgIpc) is 2.30. The maximum atomic E-state index is 11.5. The molecule has 1 aromatic carbocycles. The van der Waals surface area contributed by atoms with Crippen molar-refractivity contribution in [1.29, 1.82) is 0 Å². The van der Waals surface area contributed by atoms with Crippen LogP contribution in [0.2, 0.25) is 0 Å². The smallest absolute Gasteiger partial charge is 0.161 e. The van der Waals surface area contributed by atoms with E-state index in [4.69, 9.17) is 0 Å². The van der Waals surface area contributed by atoms with Gasteiger partial charge >= 0.3 is 0 Å². The highest BCUT2D eigenvalue weighted by molar-refractivity contribution is 5.99. The third kappa shape index (κ3) is 2.63. The Morgan fingerprint density at radius 1 is 1.25 bits per heavy atom. The van der Waals surface area contributed by atoms with Crippen LogP contribution in [0.3, 0.4) is 0 Å². The van der Waals surface area contributed by atoms with Gasteiger partial charge in [0.1, 0.15) is 0 Å². The lowest BCUT2D eigenvalue weighted by Crippen LogP contribution is -2.31. The van der Waals surface area contributed by atoms with Gasteiger partial charge in [-0.25, -0.2) is 0 Å². The van der Waals surface area contributed by atoms with Gasteiger partial charge in [-0.2, -0.15) is 0 Å². The van der Waals surface area contributed by atoms with Gasteiger partial charge in [-0.05, 0) is 31.9 Å². The van der Waals surface area contributed by atoms with Crippen LogP contribution in [0, 0.1) is 0 Å². The molecule has 2 heteroatoms. The number of hydrogen-bond donors (Lipinski definition) is 0.